The summed E-state index contributed by atoms with van der Waals surface area (Å²) in [5.41, 5.74) is 0. The predicted octanol–water partition coefficient (Wildman–Crippen LogP) is 1.22. The fourth-order valence-electron chi connectivity index (χ4n) is 2.21. The third-order valence-corrected chi connectivity index (χ3v) is 4.90. The molecule has 1 saturated carbocycles. The second-order valence-electron chi connectivity index (χ2n) is 4.35. The molecule has 0 bridgehead atoms. The van der Waals surface area contributed by atoms with Gasteiger partial charge in [0.05, 0.1) is 12.5 Å². The lowest BCUT2D eigenvalue weighted by Crippen LogP contribution is -2.31. The molecule has 0 radical (unpaired) electrons. The standard InChI is InChI=1S/C10H17N3O2S/c1-13(7-9-4-2-3-5-9)16(14,15)10-6-11-8-12-10/h6,8-9H,2-5,7H2,1H3,(H,11,12). The molecular weight excluding hydrogens is 226 g/mol. The topological polar surface area (TPSA) is 66.1 Å². The summed E-state index contributed by atoms with van der Waals surface area (Å²) in [7, 11) is -1.73. The molecule has 6 heteroatoms. The van der Waals surface area contributed by atoms with E-state index in [1.807, 2.05) is 0 Å². The molecule has 90 valence electrons. The summed E-state index contributed by atoms with van der Waals surface area (Å²) in [4.78, 5) is 6.38. The number of H-pyrrole nitrogens is 1. The lowest BCUT2D eigenvalue weighted by atomic mass is 10.1. The molecule has 5 nitrogen and oxygen atoms in total. The molecule has 1 aliphatic rings. The minimum absolute atomic E-state index is 0.174. The first kappa shape index (κ1) is 11.6. The highest BCUT2D eigenvalue weighted by Gasteiger charge is 2.26. The summed E-state index contributed by atoms with van der Waals surface area (Å²) < 4.78 is 25.5. The van der Waals surface area contributed by atoms with Crippen LogP contribution in [0.1, 0.15) is 25.7 Å². The van der Waals surface area contributed by atoms with Crippen LogP contribution in [0.5, 0.6) is 0 Å². The summed E-state index contributed by atoms with van der Waals surface area (Å²) in [6.45, 7) is 0.612. The molecule has 0 spiro atoms. The zero-order valence-electron chi connectivity index (χ0n) is 9.39. The van der Waals surface area contributed by atoms with E-state index in [4.69, 9.17) is 0 Å². The van der Waals surface area contributed by atoms with Crippen LogP contribution < -0.4 is 0 Å². The van der Waals surface area contributed by atoms with Crippen molar-refractivity contribution in [1.82, 2.24) is 14.3 Å². The molecule has 0 saturated heterocycles. The minimum Gasteiger partial charge on any atom is -0.335 e. The Labute approximate surface area is 95.9 Å². The Kier molecular flexibility index (Phi) is 3.30. The lowest BCUT2D eigenvalue weighted by molar-refractivity contribution is 0.386. The predicted molar refractivity (Wildman–Crippen MR) is 60.4 cm³/mol. The highest BCUT2D eigenvalue weighted by atomic mass is 32.2. The second kappa shape index (κ2) is 4.55. The van der Waals surface area contributed by atoms with Crippen LogP contribution in [0.3, 0.4) is 0 Å². The first-order valence-corrected chi connectivity index (χ1v) is 6.99. The molecule has 1 aromatic heterocycles. The number of aromatic amines is 1. The van der Waals surface area contributed by atoms with Crippen molar-refractivity contribution in [3.63, 3.8) is 0 Å². The van der Waals surface area contributed by atoms with Crippen LogP contribution in [0.15, 0.2) is 17.6 Å². The SMILES string of the molecule is CN(CC1CCCC1)S(=O)(=O)c1cnc[nH]1. The number of nitrogens with one attached hydrogen (secondary N) is 1. The quantitative estimate of drug-likeness (QED) is 0.864. The van der Waals surface area contributed by atoms with Crippen LogP contribution in [0.4, 0.5) is 0 Å². The third-order valence-electron chi connectivity index (χ3n) is 3.15. The molecule has 1 fully saturated rings. The lowest BCUT2D eigenvalue weighted by Gasteiger charge is -2.19. The van der Waals surface area contributed by atoms with Gasteiger partial charge in [0.1, 0.15) is 0 Å². The molecule has 16 heavy (non-hydrogen) atoms. The highest BCUT2D eigenvalue weighted by molar-refractivity contribution is 7.89. The van der Waals surface area contributed by atoms with Crippen molar-refractivity contribution in [3.8, 4) is 0 Å². The average Bonchev–Trinajstić information content (AvgIpc) is 2.89. The van der Waals surface area contributed by atoms with Gasteiger partial charge in [-0.05, 0) is 18.8 Å². The van der Waals surface area contributed by atoms with Gasteiger partial charge in [-0.15, -0.1) is 0 Å². The molecule has 0 aromatic carbocycles. The number of hydrogen-bond donors (Lipinski definition) is 1. The van der Waals surface area contributed by atoms with Crippen molar-refractivity contribution in [2.75, 3.05) is 13.6 Å². The molecule has 1 N–H and O–H groups in total. The minimum atomic E-state index is -3.37. The second-order valence-corrected chi connectivity index (χ2v) is 6.37. The molecule has 0 atom stereocenters. The van der Waals surface area contributed by atoms with Crippen LogP contribution in [0.2, 0.25) is 0 Å². The maximum atomic E-state index is 12.0. The number of imidazole rings is 1. The van der Waals surface area contributed by atoms with Crippen LogP contribution in [0, 0.1) is 5.92 Å². The summed E-state index contributed by atoms with van der Waals surface area (Å²) >= 11 is 0. The van der Waals surface area contributed by atoms with Gasteiger partial charge in [-0.2, -0.15) is 4.31 Å². The van der Waals surface area contributed by atoms with Gasteiger partial charge in [0.25, 0.3) is 10.0 Å². The number of sulfonamides is 1. The zero-order valence-corrected chi connectivity index (χ0v) is 10.2. The van der Waals surface area contributed by atoms with E-state index >= 15 is 0 Å². The Morgan fingerprint density at radius 3 is 2.75 bits per heavy atom. The monoisotopic (exact) mass is 243 g/mol. The smallest absolute Gasteiger partial charge is 0.259 e. The van der Waals surface area contributed by atoms with E-state index in [0.717, 1.165) is 12.8 Å². The van der Waals surface area contributed by atoms with Crippen LogP contribution in [-0.2, 0) is 10.0 Å². The number of aromatic nitrogens is 2. The van der Waals surface area contributed by atoms with Crippen LogP contribution >= 0.6 is 0 Å². The van der Waals surface area contributed by atoms with E-state index in [-0.39, 0.29) is 5.03 Å². The van der Waals surface area contributed by atoms with Crippen molar-refractivity contribution >= 4 is 10.0 Å². The number of nitrogens with zero attached hydrogens (tertiary/aromatic N) is 2. The van der Waals surface area contributed by atoms with E-state index in [9.17, 15) is 8.42 Å². The molecule has 0 unspecified atom stereocenters. The van der Waals surface area contributed by atoms with E-state index in [1.165, 1.54) is 29.7 Å². The first-order chi connectivity index (χ1) is 7.60. The summed E-state index contributed by atoms with van der Waals surface area (Å²) in [5, 5.41) is 0.174. The Morgan fingerprint density at radius 1 is 1.50 bits per heavy atom. The highest BCUT2D eigenvalue weighted by Crippen LogP contribution is 2.26. The molecule has 0 amide bonds. The Balaban J connectivity index is 2.06. The Morgan fingerprint density at radius 2 is 2.19 bits per heavy atom. The average molecular weight is 243 g/mol. The number of rotatable bonds is 4. The summed E-state index contributed by atoms with van der Waals surface area (Å²) in [5.74, 6) is 0.516. The molecule has 1 aromatic rings. The maximum Gasteiger partial charge on any atom is 0.259 e. The van der Waals surface area contributed by atoms with Gasteiger partial charge in [-0.3, -0.25) is 0 Å². The van der Waals surface area contributed by atoms with Gasteiger partial charge in [0.15, 0.2) is 5.03 Å². The van der Waals surface area contributed by atoms with Gasteiger partial charge in [-0.1, -0.05) is 12.8 Å². The molecule has 2 rings (SSSR count). The molecular formula is C10H17N3O2S. The van der Waals surface area contributed by atoms with Gasteiger partial charge in [-0.25, -0.2) is 13.4 Å². The maximum absolute atomic E-state index is 12.0. The fraction of sp³-hybridized carbons (Fsp3) is 0.700. The first-order valence-electron chi connectivity index (χ1n) is 5.55. The van der Waals surface area contributed by atoms with E-state index in [2.05, 4.69) is 9.97 Å². The Hall–Kier alpha value is -0.880. The largest absolute Gasteiger partial charge is 0.335 e. The van der Waals surface area contributed by atoms with Gasteiger partial charge in [0, 0.05) is 13.6 Å². The van der Waals surface area contributed by atoms with Crippen molar-refractivity contribution < 1.29 is 8.42 Å². The van der Waals surface area contributed by atoms with Crippen LogP contribution in [-0.4, -0.2) is 36.3 Å². The van der Waals surface area contributed by atoms with Crippen molar-refractivity contribution in [3.05, 3.63) is 12.5 Å². The van der Waals surface area contributed by atoms with Crippen molar-refractivity contribution in [2.24, 2.45) is 5.92 Å². The zero-order chi connectivity index (χ0) is 11.6. The van der Waals surface area contributed by atoms with E-state index in [0.29, 0.717) is 12.5 Å². The molecule has 1 aliphatic carbocycles. The third kappa shape index (κ3) is 2.27. The fourth-order valence-corrected chi connectivity index (χ4v) is 3.35. The van der Waals surface area contributed by atoms with Gasteiger partial charge >= 0.3 is 0 Å². The van der Waals surface area contributed by atoms with E-state index in [1.54, 1.807) is 7.05 Å². The normalized spacial score (nSPS) is 18.4. The number of hydrogen-bond acceptors (Lipinski definition) is 3. The van der Waals surface area contributed by atoms with Gasteiger partial charge < -0.3 is 4.98 Å². The molecule has 1 heterocycles. The van der Waals surface area contributed by atoms with Crippen molar-refractivity contribution in [1.29, 1.82) is 0 Å². The van der Waals surface area contributed by atoms with Gasteiger partial charge in [0.2, 0.25) is 0 Å². The Bertz CT molecular complexity index is 421. The summed E-state index contributed by atoms with van der Waals surface area (Å²) in [6, 6.07) is 0. The van der Waals surface area contributed by atoms with Crippen molar-refractivity contribution in [2.45, 2.75) is 30.7 Å². The summed E-state index contributed by atoms with van der Waals surface area (Å²) in [6.07, 6.45) is 7.47. The van der Waals surface area contributed by atoms with E-state index < -0.39 is 10.0 Å². The molecule has 0 aliphatic heterocycles. The van der Waals surface area contributed by atoms with Crippen LogP contribution in [0.25, 0.3) is 0 Å².